The lowest BCUT2D eigenvalue weighted by atomic mass is 9.94. The fourth-order valence-corrected chi connectivity index (χ4v) is 3.57. The molecule has 1 atom stereocenters. The van der Waals surface area contributed by atoms with Crippen LogP contribution in [-0.4, -0.2) is 34.2 Å². The van der Waals surface area contributed by atoms with E-state index in [0.29, 0.717) is 11.1 Å². The summed E-state index contributed by atoms with van der Waals surface area (Å²) in [6.45, 7) is 0.108. The van der Waals surface area contributed by atoms with Gasteiger partial charge in [-0.15, -0.1) is 0 Å². The lowest BCUT2D eigenvalue weighted by Crippen LogP contribution is -2.35. The van der Waals surface area contributed by atoms with Crippen LogP contribution in [0, 0.1) is 0 Å². The zero-order chi connectivity index (χ0) is 18.3. The van der Waals surface area contributed by atoms with Gasteiger partial charge in [0, 0.05) is 36.0 Å². The Labute approximate surface area is 149 Å². The van der Waals surface area contributed by atoms with Gasteiger partial charge in [-0.2, -0.15) is 0 Å². The molecule has 0 bridgehead atoms. The Morgan fingerprint density at radius 2 is 1.62 bits per heavy atom. The first-order chi connectivity index (χ1) is 12.6. The van der Waals surface area contributed by atoms with Crippen molar-refractivity contribution in [2.45, 2.75) is 12.3 Å². The minimum Gasteiger partial charge on any atom is -0.370 e. The molecule has 0 aliphatic carbocycles. The Morgan fingerprint density at radius 1 is 1.00 bits per heavy atom. The van der Waals surface area contributed by atoms with Crippen molar-refractivity contribution < 1.29 is 14.4 Å². The molecule has 4 rings (SSSR count). The maximum Gasteiger partial charge on any atom is 0.261 e. The Morgan fingerprint density at radius 3 is 2.27 bits per heavy atom. The van der Waals surface area contributed by atoms with Crippen LogP contribution in [0.2, 0.25) is 0 Å². The highest BCUT2D eigenvalue weighted by Crippen LogP contribution is 2.31. The fraction of sp³-hybridized carbons (Fsp3) is 0.150. The van der Waals surface area contributed by atoms with Gasteiger partial charge in [0.15, 0.2) is 0 Å². The highest BCUT2D eigenvalue weighted by molar-refractivity contribution is 6.21. The van der Waals surface area contributed by atoms with Crippen molar-refractivity contribution in [1.82, 2.24) is 9.88 Å². The smallest absolute Gasteiger partial charge is 0.261 e. The molecule has 1 aliphatic heterocycles. The average molecular weight is 347 g/mol. The number of hydrogen-bond donors (Lipinski definition) is 2. The molecule has 0 radical (unpaired) electrons. The molecule has 1 aromatic heterocycles. The second-order valence-corrected chi connectivity index (χ2v) is 6.42. The second kappa shape index (κ2) is 6.15. The van der Waals surface area contributed by atoms with Gasteiger partial charge >= 0.3 is 0 Å². The number of aromatic amines is 1. The summed E-state index contributed by atoms with van der Waals surface area (Å²) < 4.78 is 0. The Hall–Kier alpha value is -3.41. The topological polar surface area (TPSA) is 96.3 Å². The Bertz CT molecular complexity index is 1000. The van der Waals surface area contributed by atoms with Crippen LogP contribution < -0.4 is 5.73 Å². The number of imide groups is 1. The van der Waals surface area contributed by atoms with Crippen molar-refractivity contribution in [2.75, 3.05) is 6.54 Å². The van der Waals surface area contributed by atoms with Gasteiger partial charge in [-0.1, -0.05) is 30.3 Å². The summed E-state index contributed by atoms with van der Waals surface area (Å²) in [5, 5.41) is 0.954. The monoisotopic (exact) mass is 347 g/mol. The van der Waals surface area contributed by atoms with Gasteiger partial charge in [0.1, 0.15) is 0 Å². The molecule has 130 valence electrons. The zero-order valence-corrected chi connectivity index (χ0v) is 13.9. The number of nitrogens with two attached hydrogens (primary N) is 1. The molecule has 3 aromatic rings. The third-order valence-electron chi connectivity index (χ3n) is 4.79. The number of carbonyl (C=O) groups is 3. The summed E-state index contributed by atoms with van der Waals surface area (Å²) in [6.07, 6.45) is 1.87. The number of nitrogens with zero attached hydrogens (tertiary/aromatic N) is 1. The van der Waals surface area contributed by atoms with E-state index < -0.39 is 5.91 Å². The first-order valence-electron chi connectivity index (χ1n) is 8.36. The van der Waals surface area contributed by atoms with Gasteiger partial charge in [0.05, 0.1) is 11.1 Å². The van der Waals surface area contributed by atoms with Gasteiger partial charge < -0.3 is 10.7 Å². The molecule has 26 heavy (non-hydrogen) atoms. The highest BCUT2D eigenvalue weighted by atomic mass is 16.2. The van der Waals surface area contributed by atoms with E-state index in [-0.39, 0.29) is 30.7 Å². The second-order valence-electron chi connectivity index (χ2n) is 6.42. The molecule has 0 saturated heterocycles. The van der Waals surface area contributed by atoms with Gasteiger partial charge in [0.2, 0.25) is 5.91 Å². The van der Waals surface area contributed by atoms with Crippen LogP contribution in [0.15, 0.2) is 54.7 Å². The molecule has 0 saturated carbocycles. The molecular weight excluding hydrogens is 330 g/mol. The number of H-pyrrole nitrogens is 1. The molecule has 6 nitrogen and oxygen atoms in total. The van der Waals surface area contributed by atoms with E-state index in [4.69, 9.17) is 5.73 Å². The lowest BCUT2D eigenvalue weighted by Gasteiger charge is -2.21. The van der Waals surface area contributed by atoms with Gasteiger partial charge in [-0.25, -0.2) is 0 Å². The first-order valence-corrected chi connectivity index (χ1v) is 8.36. The highest BCUT2D eigenvalue weighted by Gasteiger charge is 2.37. The summed E-state index contributed by atoms with van der Waals surface area (Å²) in [7, 11) is 0. The van der Waals surface area contributed by atoms with Crippen LogP contribution in [0.25, 0.3) is 10.9 Å². The summed E-state index contributed by atoms with van der Waals surface area (Å²) in [4.78, 5) is 41.3. The molecule has 0 spiro atoms. The minimum atomic E-state index is -0.475. The van der Waals surface area contributed by atoms with Crippen molar-refractivity contribution in [1.29, 1.82) is 0 Å². The van der Waals surface area contributed by atoms with E-state index in [1.807, 2.05) is 30.5 Å². The molecule has 1 aliphatic rings. The predicted octanol–water partition coefficient (Wildman–Crippen LogP) is 2.42. The van der Waals surface area contributed by atoms with Crippen molar-refractivity contribution in [3.63, 3.8) is 0 Å². The van der Waals surface area contributed by atoms with Gasteiger partial charge in [-0.05, 0) is 23.8 Å². The van der Waals surface area contributed by atoms with E-state index in [2.05, 4.69) is 4.98 Å². The number of aromatic nitrogens is 1. The van der Waals surface area contributed by atoms with Crippen LogP contribution in [0.5, 0.6) is 0 Å². The quantitative estimate of drug-likeness (QED) is 0.694. The number of hydrogen-bond acceptors (Lipinski definition) is 3. The lowest BCUT2D eigenvalue weighted by molar-refractivity contribution is -0.118. The molecule has 3 N–H and O–H groups in total. The summed E-state index contributed by atoms with van der Waals surface area (Å²) in [5.74, 6) is -1.51. The summed E-state index contributed by atoms with van der Waals surface area (Å²) >= 11 is 0. The van der Waals surface area contributed by atoms with E-state index in [1.165, 1.54) is 4.90 Å². The van der Waals surface area contributed by atoms with Crippen LogP contribution in [-0.2, 0) is 4.79 Å². The van der Waals surface area contributed by atoms with Crippen molar-refractivity contribution in [3.05, 3.63) is 71.4 Å². The maximum absolute atomic E-state index is 12.6. The third-order valence-corrected chi connectivity index (χ3v) is 4.79. The summed E-state index contributed by atoms with van der Waals surface area (Å²) in [6, 6.07) is 14.4. The number of amides is 3. The Balaban J connectivity index is 1.70. The summed E-state index contributed by atoms with van der Waals surface area (Å²) in [5.41, 5.74) is 8.03. The van der Waals surface area contributed by atoms with Crippen molar-refractivity contribution in [3.8, 4) is 0 Å². The van der Waals surface area contributed by atoms with E-state index in [9.17, 15) is 14.4 Å². The average Bonchev–Trinajstić information content (AvgIpc) is 3.16. The molecule has 2 aromatic carbocycles. The number of rotatable bonds is 5. The number of fused-ring (bicyclic) bond motifs is 2. The number of para-hydroxylation sites is 1. The van der Waals surface area contributed by atoms with Crippen molar-refractivity contribution in [2.24, 2.45) is 5.73 Å². The van der Waals surface area contributed by atoms with Gasteiger partial charge in [-0.3, -0.25) is 19.3 Å². The van der Waals surface area contributed by atoms with E-state index >= 15 is 0 Å². The fourth-order valence-electron chi connectivity index (χ4n) is 3.57. The Kier molecular flexibility index (Phi) is 3.80. The molecule has 1 unspecified atom stereocenters. The normalized spacial score (nSPS) is 14.7. The van der Waals surface area contributed by atoms with Crippen LogP contribution >= 0.6 is 0 Å². The molecule has 3 amide bonds. The van der Waals surface area contributed by atoms with Crippen LogP contribution in [0.3, 0.4) is 0 Å². The maximum atomic E-state index is 12.6. The number of nitrogens with one attached hydrogen (secondary N) is 1. The number of carbonyl (C=O) groups excluding carboxylic acids is 3. The molecular formula is C20H17N3O3. The van der Waals surface area contributed by atoms with Gasteiger partial charge in [0.25, 0.3) is 11.8 Å². The van der Waals surface area contributed by atoms with E-state index in [1.54, 1.807) is 24.3 Å². The van der Waals surface area contributed by atoms with Crippen LogP contribution in [0.4, 0.5) is 0 Å². The predicted molar refractivity (Wildman–Crippen MR) is 96.7 cm³/mol. The number of primary amides is 1. The zero-order valence-electron chi connectivity index (χ0n) is 13.9. The molecule has 0 fully saturated rings. The van der Waals surface area contributed by atoms with Crippen molar-refractivity contribution >= 4 is 28.6 Å². The minimum absolute atomic E-state index is 0.0508. The standard InChI is InChI=1S/C20H17N3O3/c21-18(24)9-12(16-10-22-17-8-4-3-5-13(16)17)11-23-19(25)14-6-1-2-7-15(14)20(23)26/h1-8,10,12,22H,9,11H2,(H2,21,24). The largest absolute Gasteiger partial charge is 0.370 e. The SMILES string of the molecule is NC(=O)CC(CN1C(=O)c2ccccc2C1=O)c1c[nH]c2ccccc12. The molecule has 6 heteroatoms. The van der Waals surface area contributed by atoms with Crippen LogP contribution in [0.1, 0.15) is 38.6 Å². The first kappa shape index (κ1) is 16.1. The molecule has 2 heterocycles. The number of benzene rings is 2. The van der Waals surface area contributed by atoms with E-state index in [0.717, 1.165) is 16.5 Å². The third kappa shape index (κ3) is 2.56.